The summed E-state index contributed by atoms with van der Waals surface area (Å²) in [5.74, 6) is -1.08. The molecule has 10 heteroatoms. The zero-order valence-electron chi connectivity index (χ0n) is 16.5. The molecule has 166 valence electrons. The summed E-state index contributed by atoms with van der Waals surface area (Å²) in [6.07, 6.45) is 6.00. The first-order chi connectivity index (χ1) is 13.3. The first-order valence-corrected chi connectivity index (χ1v) is 11.1. The van der Waals surface area contributed by atoms with Gasteiger partial charge in [-0.25, -0.2) is 4.57 Å². The maximum Gasteiger partial charge on any atom is 0.472 e. The zero-order chi connectivity index (χ0) is 21.3. The summed E-state index contributed by atoms with van der Waals surface area (Å²) in [5.41, 5.74) is 5.20. The van der Waals surface area contributed by atoms with Crippen molar-refractivity contribution in [2.75, 3.05) is 26.4 Å². The number of carbonyl (C=O) groups excluding carboxylic acids is 2. The normalized spacial score (nSPS) is 14.3. The Kier molecular flexibility index (Phi) is 16.3. The Labute approximate surface area is 167 Å². The predicted octanol–water partition coefficient (Wildman–Crippen LogP) is 2.71. The Balaban J connectivity index is 4.33. The van der Waals surface area contributed by atoms with Crippen LogP contribution >= 0.6 is 7.82 Å². The standard InChI is InChI=1S/C18H34NO8P/c1-3-5-6-7-8-9-10-11-18(21)27-16(14-24-17(20)4-2)15-26-28(22,23)25-13-12-19/h16H,1-15,19H2,(H,22,23)/q-2/t16-/m1/s1. The van der Waals surface area contributed by atoms with E-state index >= 15 is 0 Å². The van der Waals surface area contributed by atoms with Crippen molar-refractivity contribution in [1.29, 1.82) is 0 Å². The number of rotatable bonds is 18. The van der Waals surface area contributed by atoms with Gasteiger partial charge < -0.3 is 33.9 Å². The number of phosphoric ester groups is 1. The first-order valence-electron chi connectivity index (χ1n) is 9.60. The van der Waals surface area contributed by atoms with Gasteiger partial charge in [0.1, 0.15) is 6.61 Å². The third kappa shape index (κ3) is 16.0. The number of nitrogens with two attached hydrogens (primary N) is 1. The minimum atomic E-state index is -4.33. The summed E-state index contributed by atoms with van der Waals surface area (Å²) in [6, 6.07) is 0. The number of carbonyl (C=O) groups is 2. The lowest BCUT2D eigenvalue weighted by molar-refractivity contribution is -0.160. The van der Waals surface area contributed by atoms with Crippen molar-refractivity contribution in [3.05, 3.63) is 13.8 Å². The van der Waals surface area contributed by atoms with Gasteiger partial charge >= 0.3 is 13.8 Å². The van der Waals surface area contributed by atoms with E-state index < -0.39 is 32.5 Å². The van der Waals surface area contributed by atoms with E-state index in [0.29, 0.717) is 6.42 Å². The van der Waals surface area contributed by atoms with Crippen LogP contribution in [0.5, 0.6) is 0 Å². The van der Waals surface area contributed by atoms with E-state index in [1.165, 1.54) is 0 Å². The van der Waals surface area contributed by atoms with E-state index in [1.54, 1.807) is 0 Å². The Morgan fingerprint density at radius 3 is 2.21 bits per heavy atom. The van der Waals surface area contributed by atoms with Gasteiger partial charge in [0.25, 0.3) is 5.97 Å². The summed E-state index contributed by atoms with van der Waals surface area (Å²) in [6.45, 7) is 6.30. The molecular weight excluding hydrogens is 389 g/mol. The van der Waals surface area contributed by atoms with Crippen molar-refractivity contribution >= 4 is 19.8 Å². The van der Waals surface area contributed by atoms with Crippen LogP contribution in [0.3, 0.4) is 0 Å². The van der Waals surface area contributed by atoms with Crippen molar-refractivity contribution in [1.82, 2.24) is 0 Å². The third-order valence-electron chi connectivity index (χ3n) is 3.61. The Morgan fingerprint density at radius 1 is 0.964 bits per heavy atom. The van der Waals surface area contributed by atoms with Crippen molar-refractivity contribution in [3.8, 4) is 0 Å². The maximum atomic E-state index is 12.0. The molecule has 0 radical (unpaired) electrons. The SMILES string of the molecule is [CH2-]CCCCCCCCC(=O)O[C@H](COC(=O)C[CH2-])COP(=O)(O)OCCN. The second-order valence-corrected chi connectivity index (χ2v) is 7.61. The quantitative estimate of drug-likeness (QED) is 0.148. The maximum absolute atomic E-state index is 12.0. The van der Waals surface area contributed by atoms with Crippen LogP contribution in [0.2, 0.25) is 0 Å². The van der Waals surface area contributed by atoms with Crippen LogP contribution in [0.4, 0.5) is 0 Å². The fourth-order valence-corrected chi connectivity index (χ4v) is 2.92. The zero-order valence-corrected chi connectivity index (χ0v) is 17.4. The predicted molar refractivity (Wildman–Crippen MR) is 104 cm³/mol. The van der Waals surface area contributed by atoms with Gasteiger partial charge in [-0.1, -0.05) is 38.5 Å². The van der Waals surface area contributed by atoms with Gasteiger partial charge in [0.15, 0.2) is 6.10 Å². The van der Waals surface area contributed by atoms with Gasteiger partial charge in [-0.05, 0) is 6.42 Å². The van der Waals surface area contributed by atoms with Crippen LogP contribution in [0, 0.1) is 13.8 Å². The molecule has 0 heterocycles. The van der Waals surface area contributed by atoms with Crippen molar-refractivity contribution < 1.29 is 37.6 Å². The molecule has 0 spiro atoms. The Hall–Kier alpha value is -0.990. The Morgan fingerprint density at radius 2 is 1.61 bits per heavy atom. The molecule has 0 saturated heterocycles. The molecule has 0 aliphatic heterocycles. The summed E-state index contributed by atoms with van der Waals surface area (Å²) >= 11 is 0. The average molecular weight is 423 g/mol. The minimum Gasteiger partial charge on any atom is -0.464 e. The smallest absolute Gasteiger partial charge is 0.464 e. The monoisotopic (exact) mass is 423 g/mol. The number of hydrogen-bond donors (Lipinski definition) is 2. The molecule has 0 aromatic rings. The van der Waals surface area contributed by atoms with Crippen molar-refractivity contribution in [2.45, 2.75) is 63.9 Å². The van der Waals surface area contributed by atoms with E-state index in [9.17, 15) is 19.0 Å². The van der Waals surface area contributed by atoms with Crippen LogP contribution < -0.4 is 5.73 Å². The molecule has 9 nitrogen and oxygen atoms in total. The number of phosphoric acid groups is 1. The summed E-state index contributed by atoms with van der Waals surface area (Å²) < 4.78 is 31.2. The first kappa shape index (κ1) is 27.0. The highest BCUT2D eigenvalue weighted by Crippen LogP contribution is 2.43. The number of hydrogen-bond acceptors (Lipinski definition) is 8. The van der Waals surface area contributed by atoms with Crippen LogP contribution in [0.15, 0.2) is 0 Å². The van der Waals surface area contributed by atoms with Gasteiger partial charge in [0, 0.05) is 13.0 Å². The van der Waals surface area contributed by atoms with E-state index in [0.717, 1.165) is 38.5 Å². The van der Waals surface area contributed by atoms with Crippen molar-refractivity contribution in [3.63, 3.8) is 0 Å². The lowest BCUT2D eigenvalue weighted by Crippen LogP contribution is -2.29. The van der Waals surface area contributed by atoms with E-state index in [4.69, 9.17) is 19.7 Å². The highest BCUT2D eigenvalue weighted by molar-refractivity contribution is 7.47. The van der Waals surface area contributed by atoms with Crippen LogP contribution in [-0.4, -0.2) is 49.3 Å². The number of esters is 2. The molecule has 0 aliphatic rings. The highest BCUT2D eigenvalue weighted by Gasteiger charge is 2.25. The molecule has 3 N–H and O–H groups in total. The molecule has 0 aromatic heterocycles. The Bertz CT molecular complexity index is 475. The number of unbranched alkanes of at least 4 members (excludes halogenated alkanes) is 6. The fourth-order valence-electron chi connectivity index (χ4n) is 2.15. The van der Waals surface area contributed by atoms with Gasteiger partial charge in [-0.3, -0.25) is 18.6 Å². The van der Waals surface area contributed by atoms with Gasteiger partial charge in [0.05, 0.1) is 13.2 Å². The molecule has 28 heavy (non-hydrogen) atoms. The van der Waals surface area contributed by atoms with Crippen molar-refractivity contribution in [2.24, 2.45) is 5.73 Å². The summed E-state index contributed by atoms with van der Waals surface area (Å²) in [5, 5.41) is 0. The van der Waals surface area contributed by atoms with Crippen LogP contribution in [-0.2, 0) is 32.7 Å². The van der Waals surface area contributed by atoms with E-state index in [2.05, 4.69) is 18.4 Å². The van der Waals surface area contributed by atoms with Crippen LogP contribution in [0.1, 0.15) is 57.8 Å². The largest absolute Gasteiger partial charge is 0.472 e. The second-order valence-electron chi connectivity index (χ2n) is 6.16. The molecule has 0 saturated carbocycles. The minimum absolute atomic E-state index is 0.0444. The van der Waals surface area contributed by atoms with Gasteiger partial charge in [-0.15, -0.1) is 0 Å². The van der Waals surface area contributed by atoms with E-state index in [-0.39, 0.29) is 32.6 Å². The molecule has 0 rings (SSSR count). The average Bonchev–Trinajstić information content (AvgIpc) is 2.67. The lowest BCUT2D eigenvalue weighted by atomic mass is 10.1. The lowest BCUT2D eigenvalue weighted by Gasteiger charge is -2.20. The second kappa shape index (κ2) is 16.9. The molecule has 0 bridgehead atoms. The van der Waals surface area contributed by atoms with Gasteiger partial charge in [-0.2, -0.15) is 6.42 Å². The molecule has 0 aromatic carbocycles. The topological polar surface area (TPSA) is 134 Å². The third-order valence-corrected chi connectivity index (χ3v) is 4.59. The molecule has 1 unspecified atom stereocenters. The summed E-state index contributed by atoms with van der Waals surface area (Å²) in [7, 11) is -4.33. The number of ether oxygens (including phenoxy) is 2. The summed E-state index contributed by atoms with van der Waals surface area (Å²) in [4.78, 5) is 32.7. The van der Waals surface area contributed by atoms with Crippen LogP contribution in [0.25, 0.3) is 0 Å². The molecule has 0 amide bonds. The fraction of sp³-hybridized carbons (Fsp3) is 0.778. The highest BCUT2D eigenvalue weighted by atomic mass is 31.2. The molecule has 0 aliphatic carbocycles. The molecule has 2 atom stereocenters. The van der Waals surface area contributed by atoms with E-state index in [1.807, 2.05) is 0 Å². The molecule has 0 fully saturated rings. The van der Waals surface area contributed by atoms with Gasteiger partial charge in [0.2, 0.25) is 0 Å². The molecular formula is C18H34NO8P-2.